The number of nitrogens with zero attached hydrogens (tertiary/aromatic N) is 2. The Hall–Kier alpha value is -1.22. The van der Waals surface area contributed by atoms with Crippen LogP contribution in [0.2, 0.25) is 0 Å². The minimum absolute atomic E-state index is 0. The third-order valence-corrected chi connectivity index (χ3v) is 4.14. The van der Waals surface area contributed by atoms with Gasteiger partial charge in [-0.3, -0.25) is 9.89 Å². The van der Waals surface area contributed by atoms with Crippen molar-refractivity contribution in [2.75, 3.05) is 34.4 Å². The average molecular weight is 478 g/mol. The highest BCUT2D eigenvalue weighted by molar-refractivity contribution is 14.0. The van der Waals surface area contributed by atoms with E-state index in [1.165, 1.54) is 0 Å². The molecule has 0 unspecified atom stereocenters. The van der Waals surface area contributed by atoms with E-state index in [2.05, 4.69) is 48.2 Å². The van der Waals surface area contributed by atoms with E-state index in [-0.39, 0.29) is 24.0 Å². The van der Waals surface area contributed by atoms with Crippen LogP contribution >= 0.6 is 24.0 Å². The summed E-state index contributed by atoms with van der Waals surface area (Å²) < 4.78 is 10.8. The van der Waals surface area contributed by atoms with Crippen molar-refractivity contribution in [3.05, 3.63) is 23.8 Å². The molecule has 150 valence electrons. The molecular weight excluding hydrogens is 443 g/mol. The van der Waals surface area contributed by atoms with Crippen molar-refractivity contribution in [3.63, 3.8) is 0 Å². The molecule has 2 N–H and O–H groups in total. The van der Waals surface area contributed by atoms with Crippen LogP contribution in [0.15, 0.2) is 23.2 Å². The van der Waals surface area contributed by atoms with E-state index < -0.39 is 0 Å². The minimum atomic E-state index is 0. The van der Waals surface area contributed by atoms with Gasteiger partial charge in [-0.15, -0.1) is 24.0 Å². The van der Waals surface area contributed by atoms with Gasteiger partial charge in [0.05, 0.1) is 14.2 Å². The molecule has 0 saturated heterocycles. The number of methoxy groups -OCH3 is 2. The Balaban J connectivity index is 0.00000625. The summed E-state index contributed by atoms with van der Waals surface area (Å²) in [6.07, 6.45) is 0. The maximum absolute atomic E-state index is 5.47. The van der Waals surface area contributed by atoms with Crippen LogP contribution in [-0.2, 0) is 6.54 Å². The van der Waals surface area contributed by atoms with Gasteiger partial charge < -0.3 is 20.1 Å². The van der Waals surface area contributed by atoms with Crippen LogP contribution in [0.4, 0.5) is 0 Å². The fraction of sp³-hybridized carbons (Fsp3) is 0.632. The smallest absolute Gasteiger partial charge is 0.191 e. The van der Waals surface area contributed by atoms with E-state index in [0.717, 1.165) is 36.1 Å². The molecule has 0 saturated carbocycles. The lowest BCUT2D eigenvalue weighted by Crippen LogP contribution is -2.45. The monoisotopic (exact) mass is 478 g/mol. The topological polar surface area (TPSA) is 58.1 Å². The second-order valence-electron chi connectivity index (χ2n) is 6.43. The van der Waals surface area contributed by atoms with Gasteiger partial charge in [-0.25, -0.2) is 0 Å². The molecule has 0 bridgehead atoms. The molecule has 0 heterocycles. The van der Waals surface area contributed by atoms with Crippen molar-refractivity contribution in [3.8, 4) is 11.5 Å². The van der Waals surface area contributed by atoms with Crippen molar-refractivity contribution in [1.29, 1.82) is 0 Å². The molecular formula is C19H35IN4O2. The fourth-order valence-electron chi connectivity index (χ4n) is 2.91. The van der Waals surface area contributed by atoms with Crippen LogP contribution in [0.5, 0.6) is 11.5 Å². The second-order valence-corrected chi connectivity index (χ2v) is 6.43. The number of para-hydroxylation sites is 1. The number of nitrogens with one attached hydrogen (secondary N) is 2. The molecule has 26 heavy (non-hydrogen) atoms. The highest BCUT2D eigenvalue weighted by Gasteiger charge is 2.13. The number of benzene rings is 1. The number of ether oxygens (including phenoxy) is 2. The third kappa shape index (κ3) is 7.57. The standard InChI is InChI=1S/C19H34N4O2.HI/c1-14(2)23(15(3)4)12-11-21-19(20-5)22-13-16-9-8-10-17(24-6)18(16)25-7;/h8-10,14-15H,11-13H2,1-7H3,(H2,20,21,22);1H. The Bertz CT molecular complexity index is 542. The van der Waals surface area contributed by atoms with E-state index in [1.807, 2.05) is 18.2 Å². The summed E-state index contributed by atoms with van der Waals surface area (Å²) in [4.78, 5) is 6.74. The number of rotatable bonds is 9. The molecule has 0 aromatic heterocycles. The first kappa shape index (κ1) is 24.8. The highest BCUT2D eigenvalue weighted by Crippen LogP contribution is 2.30. The number of aliphatic imine (C=N–C) groups is 1. The van der Waals surface area contributed by atoms with E-state index in [0.29, 0.717) is 18.6 Å². The van der Waals surface area contributed by atoms with Crippen LogP contribution in [-0.4, -0.2) is 57.3 Å². The Morgan fingerprint density at radius 1 is 1.08 bits per heavy atom. The predicted molar refractivity (Wildman–Crippen MR) is 120 cm³/mol. The van der Waals surface area contributed by atoms with E-state index in [9.17, 15) is 0 Å². The van der Waals surface area contributed by atoms with Crippen molar-refractivity contribution in [2.45, 2.75) is 46.3 Å². The van der Waals surface area contributed by atoms with Crippen molar-refractivity contribution >= 4 is 29.9 Å². The van der Waals surface area contributed by atoms with Gasteiger partial charge in [0.25, 0.3) is 0 Å². The predicted octanol–water partition coefficient (Wildman–Crippen LogP) is 3.11. The second kappa shape index (κ2) is 13.0. The molecule has 0 aliphatic heterocycles. The summed E-state index contributed by atoms with van der Waals surface area (Å²) in [6.45, 7) is 11.3. The number of hydrogen-bond acceptors (Lipinski definition) is 4. The molecule has 1 rings (SSSR count). The fourth-order valence-corrected chi connectivity index (χ4v) is 2.91. The molecule has 0 amide bonds. The summed E-state index contributed by atoms with van der Waals surface area (Å²) >= 11 is 0. The normalized spacial score (nSPS) is 11.5. The first-order valence-electron chi connectivity index (χ1n) is 8.84. The number of hydrogen-bond donors (Lipinski definition) is 2. The van der Waals surface area contributed by atoms with Gasteiger partial charge in [-0.2, -0.15) is 0 Å². The van der Waals surface area contributed by atoms with Gasteiger partial charge in [0.15, 0.2) is 17.5 Å². The van der Waals surface area contributed by atoms with Gasteiger partial charge in [-0.05, 0) is 33.8 Å². The molecule has 6 nitrogen and oxygen atoms in total. The summed E-state index contributed by atoms with van der Waals surface area (Å²) in [5.41, 5.74) is 1.02. The molecule has 0 fully saturated rings. The van der Waals surface area contributed by atoms with E-state index in [4.69, 9.17) is 9.47 Å². The molecule has 0 spiro atoms. The van der Waals surface area contributed by atoms with Crippen LogP contribution in [0.1, 0.15) is 33.3 Å². The van der Waals surface area contributed by atoms with Crippen LogP contribution in [0, 0.1) is 0 Å². The quantitative estimate of drug-likeness (QED) is 0.325. The maximum Gasteiger partial charge on any atom is 0.191 e. The lowest BCUT2D eigenvalue weighted by molar-refractivity contribution is 0.178. The molecule has 1 aromatic carbocycles. The number of guanidine groups is 1. The highest BCUT2D eigenvalue weighted by atomic mass is 127. The van der Waals surface area contributed by atoms with Crippen molar-refractivity contribution in [1.82, 2.24) is 15.5 Å². The Kier molecular flexibility index (Phi) is 12.4. The molecule has 0 aliphatic rings. The summed E-state index contributed by atoms with van der Waals surface area (Å²) in [7, 11) is 5.08. The van der Waals surface area contributed by atoms with Crippen molar-refractivity contribution in [2.24, 2.45) is 4.99 Å². The Morgan fingerprint density at radius 3 is 2.23 bits per heavy atom. The van der Waals surface area contributed by atoms with E-state index >= 15 is 0 Å². The van der Waals surface area contributed by atoms with Crippen LogP contribution in [0.3, 0.4) is 0 Å². The molecule has 1 aromatic rings. The summed E-state index contributed by atoms with van der Waals surface area (Å²) in [6, 6.07) is 6.91. The van der Waals surface area contributed by atoms with Gasteiger partial charge >= 0.3 is 0 Å². The zero-order valence-corrected chi connectivity index (χ0v) is 19.5. The zero-order chi connectivity index (χ0) is 18.8. The maximum atomic E-state index is 5.47. The molecule has 0 radical (unpaired) electrons. The molecule has 0 atom stereocenters. The zero-order valence-electron chi connectivity index (χ0n) is 17.1. The SMILES string of the molecule is CN=C(NCCN(C(C)C)C(C)C)NCc1cccc(OC)c1OC.I. The third-order valence-electron chi connectivity index (χ3n) is 4.14. The van der Waals surface area contributed by atoms with Gasteiger partial charge in [-0.1, -0.05) is 12.1 Å². The van der Waals surface area contributed by atoms with Crippen LogP contribution < -0.4 is 20.1 Å². The Labute approximate surface area is 175 Å². The first-order valence-corrected chi connectivity index (χ1v) is 8.84. The van der Waals surface area contributed by atoms with Crippen molar-refractivity contribution < 1.29 is 9.47 Å². The number of halogens is 1. The van der Waals surface area contributed by atoms with E-state index in [1.54, 1.807) is 21.3 Å². The van der Waals surface area contributed by atoms with Gasteiger partial charge in [0.2, 0.25) is 0 Å². The molecule has 0 aliphatic carbocycles. The van der Waals surface area contributed by atoms with Gasteiger partial charge in [0, 0.05) is 44.3 Å². The largest absolute Gasteiger partial charge is 0.493 e. The molecule has 7 heteroatoms. The van der Waals surface area contributed by atoms with Crippen LogP contribution in [0.25, 0.3) is 0 Å². The lowest BCUT2D eigenvalue weighted by Gasteiger charge is -2.30. The first-order chi connectivity index (χ1) is 11.9. The Morgan fingerprint density at radius 2 is 1.73 bits per heavy atom. The lowest BCUT2D eigenvalue weighted by atomic mass is 10.2. The average Bonchev–Trinajstić information content (AvgIpc) is 2.59. The minimum Gasteiger partial charge on any atom is -0.493 e. The summed E-state index contributed by atoms with van der Waals surface area (Å²) in [5, 5.41) is 6.70. The van der Waals surface area contributed by atoms with Gasteiger partial charge in [0.1, 0.15) is 0 Å². The summed E-state index contributed by atoms with van der Waals surface area (Å²) in [5.74, 6) is 2.25.